The van der Waals surface area contributed by atoms with E-state index in [-0.39, 0.29) is 61.9 Å². The molecule has 9 rings (SSSR count). The van der Waals surface area contributed by atoms with Crippen LogP contribution in [0.4, 0.5) is 0 Å². The maximum absolute atomic E-state index is 9.41. The maximum atomic E-state index is 9.41. The van der Waals surface area contributed by atoms with Gasteiger partial charge in [-0.05, 0) is 42.4 Å². The van der Waals surface area contributed by atoms with Crippen LogP contribution < -0.4 is 0 Å². The second-order valence-electron chi connectivity index (χ2n) is 10.1. The van der Waals surface area contributed by atoms with E-state index in [0.717, 1.165) is 11.1 Å². The molecule has 0 spiro atoms. The number of hydrogen-bond acceptors (Lipinski definition) is 4. The van der Waals surface area contributed by atoms with Crippen molar-refractivity contribution < 1.29 is 18.1 Å². The summed E-state index contributed by atoms with van der Waals surface area (Å²) in [4.78, 5) is 14.3. The van der Waals surface area contributed by atoms with Gasteiger partial charge in [0, 0.05) is 50.0 Å². The van der Waals surface area contributed by atoms with Gasteiger partial charge in [0.25, 0.3) is 0 Å². The summed E-state index contributed by atoms with van der Waals surface area (Å²) in [5.74, 6) is 1.33. The summed E-state index contributed by atoms with van der Waals surface area (Å²) in [6, 6.07) is 21.6. The fourth-order valence-corrected chi connectivity index (χ4v) is 5.45. The van der Waals surface area contributed by atoms with Gasteiger partial charge in [-0.2, -0.15) is 0 Å². The number of rotatable bonds is 4. The van der Waals surface area contributed by atoms with E-state index in [0.29, 0.717) is 28.7 Å². The molecule has 5 heteroatoms. The summed E-state index contributed by atoms with van der Waals surface area (Å²) in [5, 5.41) is -0.113. The molecule has 0 radical (unpaired) electrons. The van der Waals surface area contributed by atoms with Crippen molar-refractivity contribution in [3.63, 3.8) is 0 Å². The van der Waals surface area contributed by atoms with Crippen molar-refractivity contribution in [3.8, 4) is 39.9 Å². The molecule has 0 aliphatic rings. The van der Waals surface area contributed by atoms with Crippen LogP contribution in [0.15, 0.2) is 150 Å². The highest BCUT2D eigenvalue weighted by Gasteiger charge is 2.17. The van der Waals surface area contributed by atoms with Crippen LogP contribution >= 0.6 is 0 Å². The van der Waals surface area contributed by atoms with Crippen LogP contribution in [0.25, 0.3) is 83.6 Å². The topological polar surface area (TPSA) is 56.7 Å². The Balaban J connectivity index is 1.33. The predicted molar refractivity (Wildman–Crippen MR) is 178 cm³/mol. The van der Waals surface area contributed by atoms with Gasteiger partial charge in [-0.15, -0.1) is 0 Å². The summed E-state index contributed by atoms with van der Waals surface area (Å²) in [5.41, 5.74) is 2.32. The Morgan fingerprint density at radius 2 is 1.05 bits per heavy atom. The molecule has 0 fully saturated rings. The van der Waals surface area contributed by atoms with Gasteiger partial charge in [0.1, 0.15) is 11.2 Å². The minimum atomic E-state index is -0.532. The van der Waals surface area contributed by atoms with E-state index in [4.69, 9.17) is 30.3 Å². The van der Waals surface area contributed by atoms with E-state index in [1.807, 2.05) is 60.7 Å². The average Bonchev–Trinajstić information content (AvgIpc) is 3.79. The van der Waals surface area contributed by atoms with Crippen molar-refractivity contribution in [2.24, 2.45) is 0 Å². The molecule has 0 saturated carbocycles. The minimum absolute atomic E-state index is 0.00636. The second-order valence-corrected chi connectivity index (χ2v) is 10.1. The van der Waals surface area contributed by atoms with Crippen molar-refractivity contribution in [2.75, 3.05) is 0 Å². The Labute approximate surface area is 266 Å². The average molecular weight is 575 g/mol. The molecular weight excluding hydrogens is 540 g/mol. The van der Waals surface area contributed by atoms with Gasteiger partial charge in [-0.25, -0.2) is 15.0 Å². The first-order valence-electron chi connectivity index (χ1n) is 18.8. The summed E-state index contributed by atoms with van der Waals surface area (Å²) in [6.45, 7) is 0. The van der Waals surface area contributed by atoms with Gasteiger partial charge in [0.15, 0.2) is 17.5 Å². The number of benzene rings is 6. The molecule has 0 aliphatic carbocycles. The lowest BCUT2D eigenvalue weighted by molar-refractivity contribution is 0.669. The fraction of sp³-hybridized carbons (Fsp3) is 0. The molecule has 0 N–H and O–H groups in total. The van der Waals surface area contributed by atoms with Crippen molar-refractivity contribution in [1.29, 1.82) is 0 Å². The Morgan fingerprint density at radius 3 is 1.70 bits per heavy atom. The smallest absolute Gasteiger partial charge is 0.164 e. The number of para-hydroxylation sites is 2. The third-order valence-electron chi connectivity index (χ3n) is 7.50. The highest BCUT2D eigenvalue weighted by atomic mass is 16.3. The van der Waals surface area contributed by atoms with Crippen LogP contribution in [0.2, 0.25) is 0 Å². The number of nitrogens with zero attached hydrogens (tertiary/aromatic N) is 4. The van der Waals surface area contributed by atoms with Gasteiger partial charge >= 0.3 is 0 Å². The molecular formula is C39H24N4O. The molecule has 6 aromatic carbocycles. The first-order chi connectivity index (χ1) is 26.0. The van der Waals surface area contributed by atoms with Crippen LogP contribution in [0.1, 0.15) is 13.7 Å². The lowest BCUT2D eigenvalue weighted by Gasteiger charge is -2.10. The molecule has 0 unspecified atom stereocenters. The molecule has 206 valence electrons. The van der Waals surface area contributed by atoms with Crippen LogP contribution in [-0.4, -0.2) is 19.5 Å². The van der Waals surface area contributed by atoms with Crippen molar-refractivity contribution >= 4 is 43.7 Å². The number of hydrogen-bond donors (Lipinski definition) is 0. The molecule has 9 aromatic rings. The van der Waals surface area contributed by atoms with Crippen LogP contribution in [0.3, 0.4) is 0 Å². The van der Waals surface area contributed by atoms with Crippen molar-refractivity contribution in [3.05, 3.63) is 145 Å². The van der Waals surface area contributed by atoms with Crippen molar-refractivity contribution in [1.82, 2.24) is 19.5 Å². The van der Waals surface area contributed by atoms with Gasteiger partial charge in [-0.1, -0.05) is 96.9 Å². The van der Waals surface area contributed by atoms with Crippen molar-refractivity contribution in [2.45, 2.75) is 0 Å². The van der Waals surface area contributed by atoms with Gasteiger partial charge in [-0.3, -0.25) is 0 Å². The number of aromatic nitrogens is 4. The summed E-state index contributed by atoms with van der Waals surface area (Å²) >= 11 is 0. The molecule has 0 atom stereocenters. The number of fused-ring (bicyclic) bond motifs is 6. The molecule has 5 nitrogen and oxygen atoms in total. The van der Waals surface area contributed by atoms with Gasteiger partial charge in [0.2, 0.25) is 0 Å². The predicted octanol–water partition coefficient (Wildman–Crippen LogP) is 9.87. The molecule has 0 aliphatic heterocycles. The minimum Gasteiger partial charge on any atom is -0.456 e. The third kappa shape index (κ3) is 3.91. The highest BCUT2D eigenvalue weighted by molar-refractivity contribution is 6.17. The summed E-state index contributed by atoms with van der Waals surface area (Å²) in [6.07, 6.45) is 0. The molecule has 0 amide bonds. The van der Waals surface area contributed by atoms with Gasteiger partial charge in [0.05, 0.1) is 24.7 Å². The highest BCUT2D eigenvalue weighted by Crippen LogP contribution is 2.38. The summed E-state index contributed by atoms with van der Waals surface area (Å²) in [7, 11) is 0. The van der Waals surface area contributed by atoms with Gasteiger partial charge < -0.3 is 8.98 Å². The van der Waals surface area contributed by atoms with Crippen LogP contribution in [0, 0.1) is 0 Å². The SMILES string of the molecule is [2H]c1c([2H])c([2H])c2c(oc3c([2H])c4c(c([2H])c32)c2c([2H])c([2H])c([2H])c([2H])c2n4-c2ccc(-c3nc(-c4ccccc4)nc(-c4ccccc4)n3)cc2)c1[2H]. The normalized spacial score (nSPS) is 14.8. The monoisotopic (exact) mass is 574 g/mol. The Bertz CT molecular complexity index is 2980. The lowest BCUT2D eigenvalue weighted by atomic mass is 10.1. The zero-order valence-electron chi connectivity index (χ0n) is 32.8. The van der Waals surface area contributed by atoms with E-state index < -0.39 is 42.3 Å². The zero-order valence-corrected chi connectivity index (χ0v) is 22.8. The van der Waals surface area contributed by atoms with E-state index in [9.17, 15) is 2.74 Å². The first kappa shape index (κ1) is 16.5. The molecule has 0 bridgehead atoms. The van der Waals surface area contributed by atoms with Crippen LogP contribution in [0.5, 0.6) is 0 Å². The van der Waals surface area contributed by atoms with E-state index >= 15 is 0 Å². The Morgan fingerprint density at radius 1 is 0.477 bits per heavy atom. The molecule has 44 heavy (non-hydrogen) atoms. The third-order valence-corrected chi connectivity index (χ3v) is 7.50. The fourth-order valence-electron chi connectivity index (χ4n) is 5.45. The maximum Gasteiger partial charge on any atom is 0.164 e. The quantitative estimate of drug-likeness (QED) is 0.210. The van der Waals surface area contributed by atoms with E-state index in [1.54, 1.807) is 24.3 Å². The standard InChI is InChI=1S/C39H24N4O/c1-3-11-25(12-4-1)37-40-38(26-13-5-2-6-14-26)42-39(41-37)27-19-21-28(22-20-27)43-33-17-9-7-15-29(33)31-23-32-30-16-8-10-18-35(30)44-36(32)24-34(31)43/h1-24H/i7D,8D,9D,10D,15D,16D,17D,18D,23D,24D. The lowest BCUT2D eigenvalue weighted by Crippen LogP contribution is -2.00. The Kier molecular flexibility index (Phi) is 3.66. The largest absolute Gasteiger partial charge is 0.456 e. The van der Waals surface area contributed by atoms with Crippen LogP contribution in [-0.2, 0) is 0 Å². The summed E-state index contributed by atoms with van der Waals surface area (Å²) < 4.78 is 94.7. The van der Waals surface area contributed by atoms with E-state index in [1.165, 1.54) is 4.57 Å². The second kappa shape index (κ2) is 9.75. The number of furan rings is 1. The first-order valence-corrected chi connectivity index (χ1v) is 13.8. The molecule has 3 heterocycles. The molecule has 0 saturated heterocycles. The Hall–Kier alpha value is -6.07. The zero-order chi connectivity index (χ0) is 37.7. The molecule has 3 aromatic heterocycles. The van der Waals surface area contributed by atoms with E-state index in [2.05, 4.69) is 0 Å².